The number of carbonyl (C=O) groups excluding carboxylic acids is 5. The van der Waals surface area contributed by atoms with Crippen molar-refractivity contribution >= 4 is 40.9 Å². The van der Waals surface area contributed by atoms with Gasteiger partial charge in [-0.15, -0.1) is 0 Å². The summed E-state index contributed by atoms with van der Waals surface area (Å²) in [6.07, 6.45) is 1.88. The van der Waals surface area contributed by atoms with E-state index in [1.807, 2.05) is 0 Å². The number of amides is 5. The number of nitrogens with zero attached hydrogens (tertiary/aromatic N) is 2. The summed E-state index contributed by atoms with van der Waals surface area (Å²) in [5, 5.41) is 2.72. The van der Waals surface area contributed by atoms with Crippen LogP contribution in [0.15, 0.2) is 42.5 Å². The summed E-state index contributed by atoms with van der Waals surface area (Å²) in [6, 6.07) is 10.8. The molecule has 3 aliphatic rings. The molecule has 0 aromatic heterocycles. The van der Waals surface area contributed by atoms with E-state index in [1.54, 1.807) is 24.3 Å². The van der Waals surface area contributed by atoms with E-state index in [0.29, 0.717) is 23.5 Å². The van der Waals surface area contributed by atoms with Gasteiger partial charge in [-0.1, -0.05) is 6.07 Å². The first-order chi connectivity index (χ1) is 15.9. The molecule has 5 rings (SSSR count). The highest BCUT2D eigenvalue weighted by Gasteiger charge is 2.37. The molecule has 0 radical (unpaired) electrons. The fourth-order valence-electron chi connectivity index (χ4n) is 4.38. The number of hydrogen-bond donors (Lipinski definition) is 1. The van der Waals surface area contributed by atoms with Crippen LogP contribution in [0.25, 0.3) is 0 Å². The van der Waals surface area contributed by atoms with Gasteiger partial charge in [0.05, 0.1) is 29.5 Å². The number of anilines is 2. The maximum absolute atomic E-state index is 12.8. The van der Waals surface area contributed by atoms with Crippen LogP contribution < -0.4 is 10.2 Å². The molecule has 1 N–H and O–H groups in total. The summed E-state index contributed by atoms with van der Waals surface area (Å²) < 4.78 is 5.55. The van der Waals surface area contributed by atoms with Gasteiger partial charge >= 0.3 is 0 Å². The van der Waals surface area contributed by atoms with Crippen molar-refractivity contribution in [1.29, 1.82) is 0 Å². The summed E-state index contributed by atoms with van der Waals surface area (Å²) in [7, 11) is 0. The normalized spacial score (nSPS) is 20.1. The molecule has 5 amide bonds. The Morgan fingerprint density at radius 3 is 2.45 bits per heavy atom. The summed E-state index contributed by atoms with van der Waals surface area (Å²) in [5.74, 6) is -1.84. The molecule has 33 heavy (non-hydrogen) atoms. The molecule has 0 spiro atoms. The van der Waals surface area contributed by atoms with Crippen LogP contribution in [0, 0.1) is 0 Å². The second-order valence-corrected chi connectivity index (χ2v) is 8.24. The van der Waals surface area contributed by atoms with Crippen molar-refractivity contribution in [1.82, 2.24) is 4.90 Å². The monoisotopic (exact) mass is 447 g/mol. The van der Waals surface area contributed by atoms with E-state index in [9.17, 15) is 24.0 Å². The largest absolute Gasteiger partial charge is 0.376 e. The minimum absolute atomic E-state index is 0.145. The Balaban J connectivity index is 1.33. The fraction of sp³-hybridized carbons (Fsp3) is 0.292. The SMILES string of the molecule is O=C(Nc1ccc2c(c1)C(=O)N(CC1CCCO1)C2=O)c1cccc(N2C(=O)CCC2=O)c1. The third-order valence-electron chi connectivity index (χ3n) is 6.06. The molecule has 2 aromatic carbocycles. The fourth-order valence-corrected chi connectivity index (χ4v) is 4.38. The second kappa shape index (κ2) is 8.25. The van der Waals surface area contributed by atoms with Gasteiger partial charge in [-0.3, -0.25) is 33.8 Å². The van der Waals surface area contributed by atoms with Gasteiger partial charge in [0.2, 0.25) is 11.8 Å². The molecule has 0 saturated carbocycles. The van der Waals surface area contributed by atoms with Crippen LogP contribution >= 0.6 is 0 Å². The summed E-state index contributed by atoms with van der Waals surface area (Å²) >= 11 is 0. The van der Waals surface area contributed by atoms with Gasteiger partial charge < -0.3 is 10.1 Å². The van der Waals surface area contributed by atoms with Crippen molar-refractivity contribution in [2.24, 2.45) is 0 Å². The average molecular weight is 447 g/mol. The molecule has 9 nitrogen and oxygen atoms in total. The third-order valence-corrected chi connectivity index (χ3v) is 6.06. The third kappa shape index (κ3) is 3.80. The van der Waals surface area contributed by atoms with Crippen LogP contribution in [0.2, 0.25) is 0 Å². The number of rotatable bonds is 5. The minimum Gasteiger partial charge on any atom is -0.376 e. The highest BCUT2D eigenvalue weighted by molar-refractivity contribution is 6.22. The molecule has 9 heteroatoms. The maximum atomic E-state index is 12.8. The Hall–Kier alpha value is -3.85. The van der Waals surface area contributed by atoms with Crippen LogP contribution in [-0.2, 0) is 14.3 Å². The van der Waals surface area contributed by atoms with Crippen LogP contribution in [0.4, 0.5) is 11.4 Å². The number of imide groups is 2. The molecule has 3 heterocycles. The van der Waals surface area contributed by atoms with Crippen LogP contribution in [-0.4, -0.2) is 53.7 Å². The average Bonchev–Trinajstić information content (AvgIpc) is 3.50. The Morgan fingerprint density at radius 1 is 0.970 bits per heavy atom. The Morgan fingerprint density at radius 2 is 1.73 bits per heavy atom. The molecule has 1 atom stereocenters. The number of fused-ring (bicyclic) bond motifs is 1. The molecule has 2 aromatic rings. The molecular weight excluding hydrogens is 426 g/mol. The highest BCUT2D eigenvalue weighted by Crippen LogP contribution is 2.28. The molecular formula is C24H21N3O6. The van der Waals surface area contributed by atoms with Crippen LogP contribution in [0.5, 0.6) is 0 Å². The smallest absolute Gasteiger partial charge is 0.261 e. The van der Waals surface area contributed by atoms with Gasteiger partial charge in [0.15, 0.2) is 0 Å². The van der Waals surface area contributed by atoms with E-state index in [4.69, 9.17) is 4.74 Å². The Bertz CT molecular complexity index is 1180. The zero-order chi connectivity index (χ0) is 23.1. The first kappa shape index (κ1) is 21.0. The number of nitrogens with one attached hydrogen (secondary N) is 1. The van der Waals surface area contributed by atoms with E-state index in [-0.39, 0.29) is 54.3 Å². The maximum Gasteiger partial charge on any atom is 0.261 e. The predicted octanol–water partition coefficient (Wildman–Crippen LogP) is 2.37. The molecule has 3 aliphatic heterocycles. The summed E-state index contributed by atoms with van der Waals surface area (Å²) in [6.45, 7) is 0.847. The van der Waals surface area contributed by atoms with E-state index in [0.717, 1.165) is 17.7 Å². The van der Waals surface area contributed by atoms with Gasteiger partial charge in [0.1, 0.15) is 0 Å². The van der Waals surface area contributed by atoms with Crippen LogP contribution in [0.3, 0.4) is 0 Å². The van der Waals surface area contributed by atoms with Gasteiger partial charge in [-0.05, 0) is 49.2 Å². The number of benzene rings is 2. The molecule has 1 unspecified atom stereocenters. The second-order valence-electron chi connectivity index (χ2n) is 8.24. The topological polar surface area (TPSA) is 113 Å². The molecule has 0 bridgehead atoms. The van der Waals surface area contributed by atoms with Gasteiger partial charge in [-0.2, -0.15) is 0 Å². The zero-order valence-corrected chi connectivity index (χ0v) is 17.7. The number of carbonyl (C=O) groups is 5. The van der Waals surface area contributed by atoms with Crippen molar-refractivity contribution in [3.05, 3.63) is 59.2 Å². The molecule has 168 valence electrons. The quantitative estimate of drug-likeness (QED) is 0.704. The first-order valence-electron chi connectivity index (χ1n) is 10.8. The van der Waals surface area contributed by atoms with E-state index in [2.05, 4.69) is 5.32 Å². The van der Waals surface area contributed by atoms with E-state index in [1.165, 1.54) is 23.1 Å². The molecule has 0 aliphatic carbocycles. The predicted molar refractivity (Wildman–Crippen MR) is 117 cm³/mol. The summed E-state index contributed by atoms with van der Waals surface area (Å²) in [5.41, 5.74) is 1.48. The van der Waals surface area contributed by atoms with Gasteiger partial charge in [-0.25, -0.2) is 0 Å². The lowest BCUT2D eigenvalue weighted by molar-refractivity contribution is -0.121. The lowest BCUT2D eigenvalue weighted by atomic mass is 10.1. The molecule has 2 fully saturated rings. The van der Waals surface area contributed by atoms with Crippen molar-refractivity contribution in [2.45, 2.75) is 31.8 Å². The lowest BCUT2D eigenvalue weighted by Gasteiger charge is -2.17. The Labute approximate surface area is 189 Å². The van der Waals surface area contributed by atoms with E-state index < -0.39 is 11.8 Å². The Kier molecular flexibility index (Phi) is 5.26. The van der Waals surface area contributed by atoms with Crippen molar-refractivity contribution in [3.8, 4) is 0 Å². The van der Waals surface area contributed by atoms with Gasteiger partial charge in [0.25, 0.3) is 17.7 Å². The number of hydrogen-bond acceptors (Lipinski definition) is 6. The summed E-state index contributed by atoms with van der Waals surface area (Å²) in [4.78, 5) is 64.6. The lowest BCUT2D eigenvalue weighted by Crippen LogP contribution is -2.36. The van der Waals surface area contributed by atoms with Gasteiger partial charge in [0, 0.05) is 30.7 Å². The number of ether oxygens (including phenoxy) is 1. The zero-order valence-electron chi connectivity index (χ0n) is 17.7. The van der Waals surface area contributed by atoms with Crippen molar-refractivity contribution in [3.63, 3.8) is 0 Å². The highest BCUT2D eigenvalue weighted by atomic mass is 16.5. The molecule has 2 saturated heterocycles. The van der Waals surface area contributed by atoms with Crippen molar-refractivity contribution in [2.75, 3.05) is 23.4 Å². The minimum atomic E-state index is -0.469. The van der Waals surface area contributed by atoms with Crippen molar-refractivity contribution < 1.29 is 28.7 Å². The van der Waals surface area contributed by atoms with E-state index >= 15 is 0 Å². The first-order valence-corrected chi connectivity index (χ1v) is 10.8. The van der Waals surface area contributed by atoms with Crippen LogP contribution in [0.1, 0.15) is 56.8 Å². The standard InChI is InChI=1S/C24H21N3O6/c28-20-8-9-21(29)27(20)16-4-1-3-14(11-16)22(30)25-15-6-7-18-19(12-15)24(32)26(23(18)31)13-17-5-2-10-33-17/h1,3-4,6-7,11-12,17H,2,5,8-10,13H2,(H,25,30).